The van der Waals surface area contributed by atoms with Crippen LogP contribution in [0.1, 0.15) is 38.5 Å². The van der Waals surface area contributed by atoms with Crippen LogP contribution in [0.2, 0.25) is 0 Å². The fourth-order valence-electron chi connectivity index (χ4n) is 2.35. The second-order valence-electron chi connectivity index (χ2n) is 4.50. The molecule has 1 aliphatic heterocycles. The van der Waals surface area contributed by atoms with Crippen LogP contribution in [0.5, 0.6) is 0 Å². The van der Waals surface area contributed by atoms with Crippen molar-refractivity contribution in [2.45, 2.75) is 43.9 Å². The molecule has 0 bridgehead atoms. The third-order valence-electron chi connectivity index (χ3n) is 3.26. The van der Waals surface area contributed by atoms with Crippen LogP contribution in [0, 0.1) is 0 Å². The molecule has 1 fully saturated rings. The monoisotopic (exact) mass is 227 g/mol. The first-order valence-electron chi connectivity index (χ1n) is 5.85. The first-order valence-corrected chi connectivity index (χ1v) is 6.29. The molecule has 15 heavy (non-hydrogen) atoms. The van der Waals surface area contributed by atoms with Gasteiger partial charge in [0.15, 0.2) is 0 Å². The molecule has 0 aromatic heterocycles. The molecule has 2 rings (SSSR count). The Morgan fingerprint density at radius 2 is 2.33 bits per heavy atom. The van der Waals surface area contributed by atoms with Crippen molar-refractivity contribution in [1.82, 2.24) is 4.90 Å². The molecule has 1 amide bonds. The van der Waals surface area contributed by atoms with Gasteiger partial charge in [-0.3, -0.25) is 4.79 Å². The topological polar surface area (TPSA) is 20.3 Å². The fraction of sp³-hybridized carbons (Fsp3) is 0.750. The quantitative estimate of drug-likeness (QED) is 0.536. The second-order valence-corrected chi connectivity index (χ2v) is 5.12. The van der Waals surface area contributed by atoms with E-state index >= 15 is 0 Å². The van der Waals surface area contributed by atoms with Crippen molar-refractivity contribution in [3.8, 4) is 0 Å². The number of amides is 1. The molecule has 0 saturated carbocycles. The van der Waals surface area contributed by atoms with E-state index in [9.17, 15) is 4.79 Å². The Labute approximate surface area is 96.3 Å². The van der Waals surface area contributed by atoms with Crippen LogP contribution in [0.3, 0.4) is 0 Å². The lowest BCUT2D eigenvalue weighted by Crippen LogP contribution is -2.26. The molecule has 0 spiro atoms. The van der Waals surface area contributed by atoms with Gasteiger partial charge < -0.3 is 4.90 Å². The summed E-state index contributed by atoms with van der Waals surface area (Å²) in [5.41, 5.74) is 1.53. The Morgan fingerprint density at radius 1 is 1.47 bits per heavy atom. The zero-order valence-electron chi connectivity index (χ0n) is 9.04. The summed E-state index contributed by atoms with van der Waals surface area (Å²) in [7, 11) is 0. The van der Waals surface area contributed by atoms with Gasteiger partial charge in [0, 0.05) is 19.5 Å². The number of hydrogen-bond acceptors (Lipinski definition) is 1. The smallest absolute Gasteiger partial charge is 0.224 e. The molecule has 1 atom stereocenters. The van der Waals surface area contributed by atoms with Crippen LogP contribution >= 0.6 is 11.6 Å². The maximum absolute atomic E-state index is 11.5. The summed E-state index contributed by atoms with van der Waals surface area (Å²) in [4.78, 5) is 13.4. The summed E-state index contributed by atoms with van der Waals surface area (Å²) in [6.07, 6.45) is 9.03. The van der Waals surface area contributed by atoms with Crippen molar-refractivity contribution in [3.05, 3.63) is 11.6 Å². The summed E-state index contributed by atoms with van der Waals surface area (Å²) < 4.78 is 0. The number of alkyl halides is 1. The molecule has 1 unspecified atom stereocenters. The Balaban J connectivity index is 1.78. The van der Waals surface area contributed by atoms with Crippen molar-refractivity contribution in [1.29, 1.82) is 0 Å². The lowest BCUT2D eigenvalue weighted by atomic mass is 9.97. The third-order valence-corrected chi connectivity index (χ3v) is 3.55. The Morgan fingerprint density at radius 3 is 2.93 bits per heavy atom. The molecule has 1 saturated heterocycles. The lowest BCUT2D eigenvalue weighted by molar-refractivity contribution is -0.127. The molecule has 0 aromatic rings. The summed E-state index contributed by atoms with van der Waals surface area (Å²) in [6, 6.07) is 0. The highest BCUT2D eigenvalue weighted by molar-refractivity contribution is 6.22. The van der Waals surface area contributed by atoms with Crippen molar-refractivity contribution < 1.29 is 4.79 Å². The van der Waals surface area contributed by atoms with E-state index in [1.165, 1.54) is 31.3 Å². The van der Waals surface area contributed by atoms with Crippen molar-refractivity contribution in [3.63, 3.8) is 0 Å². The van der Waals surface area contributed by atoms with Crippen molar-refractivity contribution in [2.24, 2.45) is 0 Å². The highest BCUT2D eigenvalue weighted by atomic mass is 35.5. The number of likely N-dealkylation sites (tertiary alicyclic amines) is 1. The number of hydrogen-bond donors (Lipinski definition) is 0. The first-order chi connectivity index (χ1) is 7.25. The minimum Gasteiger partial charge on any atom is -0.341 e. The average Bonchev–Trinajstić information content (AvgIpc) is 2.56. The van der Waals surface area contributed by atoms with E-state index in [0.29, 0.717) is 6.42 Å². The maximum Gasteiger partial charge on any atom is 0.224 e. The highest BCUT2D eigenvalue weighted by Gasteiger charge is 2.27. The van der Waals surface area contributed by atoms with Crippen LogP contribution < -0.4 is 0 Å². The van der Waals surface area contributed by atoms with Gasteiger partial charge in [-0.1, -0.05) is 11.6 Å². The predicted molar refractivity (Wildman–Crippen MR) is 62.0 cm³/mol. The summed E-state index contributed by atoms with van der Waals surface area (Å²) in [6.45, 7) is 1.61. The van der Waals surface area contributed by atoms with Gasteiger partial charge in [0.2, 0.25) is 5.91 Å². The molecule has 1 heterocycles. The molecule has 2 aliphatic rings. The number of allylic oxidation sites excluding steroid dienone is 1. The number of halogens is 1. The van der Waals surface area contributed by atoms with Gasteiger partial charge in [0.1, 0.15) is 0 Å². The third kappa shape index (κ3) is 2.97. The molecule has 0 N–H and O–H groups in total. The Bertz CT molecular complexity index is 275. The van der Waals surface area contributed by atoms with Gasteiger partial charge in [0.05, 0.1) is 5.38 Å². The van der Waals surface area contributed by atoms with E-state index in [0.717, 1.165) is 19.5 Å². The average molecular weight is 228 g/mol. The number of carbonyl (C=O) groups is 1. The van der Waals surface area contributed by atoms with E-state index in [1.54, 1.807) is 0 Å². The Hall–Kier alpha value is -0.500. The zero-order chi connectivity index (χ0) is 10.7. The van der Waals surface area contributed by atoms with E-state index < -0.39 is 0 Å². The largest absolute Gasteiger partial charge is 0.341 e. The predicted octanol–water partition coefficient (Wildman–Crippen LogP) is 2.72. The van der Waals surface area contributed by atoms with Gasteiger partial charge in [-0.05, 0) is 32.1 Å². The van der Waals surface area contributed by atoms with Gasteiger partial charge in [-0.25, -0.2) is 0 Å². The normalized spacial score (nSPS) is 27.0. The molecular formula is C12H18ClNO. The molecule has 0 radical (unpaired) electrons. The van der Waals surface area contributed by atoms with Crippen molar-refractivity contribution in [2.75, 3.05) is 13.1 Å². The summed E-state index contributed by atoms with van der Waals surface area (Å²) in [5.74, 6) is 0.228. The zero-order valence-corrected chi connectivity index (χ0v) is 9.80. The van der Waals surface area contributed by atoms with Crippen LogP contribution in [-0.2, 0) is 4.79 Å². The molecule has 84 valence electrons. The lowest BCUT2D eigenvalue weighted by Gasteiger charge is -2.18. The number of nitrogens with zero attached hydrogens (tertiary/aromatic N) is 1. The van der Waals surface area contributed by atoms with Crippen LogP contribution in [-0.4, -0.2) is 29.3 Å². The fourth-order valence-corrected chi connectivity index (χ4v) is 2.65. The van der Waals surface area contributed by atoms with Gasteiger partial charge >= 0.3 is 0 Å². The first kappa shape index (κ1) is 11.0. The standard InChI is InChI=1S/C12H18ClNO/c13-11-8-12(15)14(9-11)7-6-10-4-2-1-3-5-10/h4,11H,1-3,5-9H2. The maximum atomic E-state index is 11.5. The minimum absolute atomic E-state index is 0.0397. The van der Waals surface area contributed by atoms with E-state index in [4.69, 9.17) is 11.6 Å². The van der Waals surface area contributed by atoms with E-state index in [1.807, 2.05) is 4.90 Å². The summed E-state index contributed by atoms with van der Waals surface area (Å²) in [5, 5.41) is 0.0397. The minimum atomic E-state index is 0.0397. The second kappa shape index (κ2) is 5.02. The van der Waals surface area contributed by atoms with Crippen LogP contribution in [0.25, 0.3) is 0 Å². The highest BCUT2D eigenvalue weighted by Crippen LogP contribution is 2.22. The number of carbonyl (C=O) groups excluding carboxylic acids is 1. The number of rotatable bonds is 3. The van der Waals surface area contributed by atoms with Crippen molar-refractivity contribution >= 4 is 17.5 Å². The SMILES string of the molecule is O=C1CC(Cl)CN1CCC1=CCCCC1. The molecule has 0 aromatic carbocycles. The van der Waals surface area contributed by atoms with Gasteiger partial charge in [0.25, 0.3) is 0 Å². The van der Waals surface area contributed by atoms with Crippen LogP contribution in [0.15, 0.2) is 11.6 Å². The molecular weight excluding hydrogens is 210 g/mol. The van der Waals surface area contributed by atoms with Crippen LogP contribution in [0.4, 0.5) is 0 Å². The molecule has 2 nitrogen and oxygen atoms in total. The summed E-state index contributed by atoms with van der Waals surface area (Å²) >= 11 is 5.95. The van der Waals surface area contributed by atoms with Gasteiger partial charge in [-0.15, -0.1) is 11.6 Å². The molecule has 1 aliphatic carbocycles. The van der Waals surface area contributed by atoms with E-state index in [-0.39, 0.29) is 11.3 Å². The Kier molecular flexibility index (Phi) is 3.68. The van der Waals surface area contributed by atoms with E-state index in [2.05, 4.69) is 6.08 Å². The van der Waals surface area contributed by atoms with Gasteiger partial charge in [-0.2, -0.15) is 0 Å². The molecule has 3 heteroatoms.